The predicted octanol–water partition coefficient (Wildman–Crippen LogP) is 3.63. The smallest absolute Gasteiger partial charge is 0.256 e. The Labute approximate surface area is 179 Å². The zero-order valence-corrected chi connectivity index (χ0v) is 18.6. The molecule has 30 heavy (non-hydrogen) atoms. The lowest BCUT2D eigenvalue weighted by Gasteiger charge is -2.35. The Morgan fingerprint density at radius 1 is 1.03 bits per heavy atom. The summed E-state index contributed by atoms with van der Waals surface area (Å²) in [6.07, 6.45) is 8.29. The van der Waals surface area contributed by atoms with Gasteiger partial charge in [-0.15, -0.1) is 0 Å². The molecule has 1 saturated carbocycles. The van der Waals surface area contributed by atoms with Crippen LogP contribution in [0.5, 0.6) is 0 Å². The molecule has 0 spiro atoms. The number of nitrogens with zero attached hydrogens (tertiary/aromatic N) is 4. The molecular weight excluding hydrogens is 376 g/mol. The summed E-state index contributed by atoms with van der Waals surface area (Å²) in [5, 5.41) is 4.82. The Morgan fingerprint density at radius 3 is 2.33 bits per heavy atom. The Balaban J connectivity index is 1.70. The van der Waals surface area contributed by atoms with Crippen molar-refractivity contribution >= 4 is 17.3 Å². The van der Waals surface area contributed by atoms with Gasteiger partial charge >= 0.3 is 0 Å². The largest absolute Gasteiger partial charge is 0.339 e. The Bertz CT molecular complexity index is 934. The topological polar surface area (TPSA) is 57.9 Å². The molecule has 1 aliphatic heterocycles. The fourth-order valence-corrected chi connectivity index (χ4v) is 5.18. The molecule has 162 valence electrons. The number of amides is 2. The molecule has 0 radical (unpaired) electrons. The van der Waals surface area contributed by atoms with Crippen molar-refractivity contribution in [2.75, 3.05) is 26.2 Å². The van der Waals surface area contributed by atoms with Crippen LogP contribution in [0.2, 0.25) is 0 Å². The van der Waals surface area contributed by atoms with Gasteiger partial charge in [-0.2, -0.15) is 5.10 Å². The number of carbonyl (C=O) groups excluding carboxylic acids is 2. The minimum atomic E-state index is 0.0794. The van der Waals surface area contributed by atoms with E-state index in [9.17, 15) is 9.59 Å². The van der Waals surface area contributed by atoms with Gasteiger partial charge in [0.1, 0.15) is 0 Å². The maximum absolute atomic E-state index is 13.7. The summed E-state index contributed by atoms with van der Waals surface area (Å²) in [6.45, 7) is 8.12. The molecule has 4 rings (SSSR count). The number of hydrogen-bond donors (Lipinski definition) is 0. The average Bonchev–Trinajstić information content (AvgIpc) is 3.17. The second kappa shape index (κ2) is 8.78. The molecule has 2 fully saturated rings. The molecule has 2 aromatic heterocycles. The zero-order chi connectivity index (χ0) is 21.3. The van der Waals surface area contributed by atoms with E-state index >= 15 is 0 Å². The van der Waals surface area contributed by atoms with Crippen molar-refractivity contribution < 1.29 is 9.59 Å². The average molecular weight is 411 g/mol. The molecule has 2 amide bonds. The van der Waals surface area contributed by atoms with E-state index in [0.717, 1.165) is 29.6 Å². The summed E-state index contributed by atoms with van der Waals surface area (Å²) < 4.78 is 2.05. The summed E-state index contributed by atoms with van der Waals surface area (Å²) >= 11 is 0. The number of aryl methyl sites for hydroxylation is 2. The van der Waals surface area contributed by atoms with Crippen molar-refractivity contribution in [3.63, 3.8) is 0 Å². The van der Waals surface area contributed by atoms with Crippen LogP contribution in [0.1, 0.15) is 73.3 Å². The van der Waals surface area contributed by atoms with E-state index in [-0.39, 0.29) is 11.8 Å². The summed E-state index contributed by atoms with van der Waals surface area (Å²) in [4.78, 5) is 29.0. The van der Waals surface area contributed by atoms with Gasteiger partial charge in [-0.3, -0.25) is 9.59 Å². The molecular formula is C24H34N4O2. The number of rotatable bonds is 4. The van der Waals surface area contributed by atoms with Crippen molar-refractivity contribution in [3.8, 4) is 0 Å². The van der Waals surface area contributed by atoms with E-state index in [1.54, 1.807) is 6.92 Å². The van der Waals surface area contributed by atoms with Crippen molar-refractivity contribution in [1.29, 1.82) is 0 Å². The van der Waals surface area contributed by atoms with Crippen LogP contribution in [0.25, 0.3) is 5.52 Å². The second-order valence-corrected chi connectivity index (χ2v) is 8.92. The monoisotopic (exact) mass is 410 g/mol. The number of piperazine rings is 1. The highest BCUT2D eigenvalue weighted by molar-refractivity contribution is 5.98. The summed E-state index contributed by atoms with van der Waals surface area (Å²) in [5.74, 6) is 0.806. The molecule has 2 aromatic rings. The quantitative estimate of drug-likeness (QED) is 0.773. The van der Waals surface area contributed by atoms with Crippen LogP contribution in [0.15, 0.2) is 12.1 Å². The first-order valence-electron chi connectivity index (χ1n) is 11.5. The van der Waals surface area contributed by atoms with Gasteiger partial charge in [0.15, 0.2) is 0 Å². The van der Waals surface area contributed by atoms with E-state index in [2.05, 4.69) is 23.6 Å². The lowest BCUT2D eigenvalue weighted by molar-refractivity contribution is -0.130. The summed E-state index contributed by atoms with van der Waals surface area (Å²) in [7, 11) is 0. The number of carbonyl (C=O) groups is 2. The SMILES string of the molecule is CCc1ccc2c(CC3CCCCC3)c(C(=O)N3CCN(C(C)=O)CC3)c(C)nn12. The third kappa shape index (κ3) is 3.96. The van der Waals surface area contributed by atoms with Crippen LogP contribution >= 0.6 is 0 Å². The molecule has 0 N–H and O–H groups in total. The van der Waals surface area contributed by atoms with Gasteiger partial charge in [0.05, 0.1) is 16.8 Å². The fraction of sp³-hybridized carbons (Fsp3) is 0.625. The molecule has 0 bridgehead atoms. The maximum atomic E-state index is 13.7. The Kier molecular flexibility index (Phi) is 6.11. The van der Waals surface area contributed by atoms with Crippen LogP contribution in [0.3, 0.4) is 0 Å². The highest BCUT2D eigenvalue weighted by atomic mass is 16.2. The normalized spacial score (nSPS) is 18.2. The van der Waals surface area contributed by atoms with Gasteiger partial charge in [-0.25, -0.2) is 4.52 Å². The minimum Gasteiger partial charge on any atom is -0.339 e. The fourth-order valence-electron chi connectivity index (χ4n) is 5.18. The standard InChI is InChI=1S/C24H34N4O2/c1-4-20-10-11-22-21(16-19-8-6-5-7-9-19)23(17(2)25-28(20)22)24(30)27-14-12-26(13-15-27)18(3)29/h10-11,19H,4-9,12-16H2,1-3H3. The van der Waals surface area contributed by atoms with Crippen molar-refractivity contribution in [2.45, 2.75) is 65.7 Å². The number of aromatic nitrogens is 2. The first-order valence-corrected chi connectivity index (χ1v) is 11.5. The lowest BCUT2D eigenvalue weighted by Crippen LogP contribution is -2.50. The van der Waals surface area contributed by atoms with Gasteiger partial charge < -0.3 is 9.80 Å². The van der Waals surface area contributed by atoms with Crippen molar-refractivity contribution in [2.24, 2.45) is 5.92 Å². The van der Waals surface area contributed by atoms with Gasteiger partial charge in [0.25, 0.3) is 5.91 Å². The maximum Gasteiger partial charge on any atom is 0.256 e. The van der Waals surface area contributed by atoms with Gasteiger partial charge in [0, 0.05) is 38.8 Å². The van der Waals surface area contributed by atoms with Crippen LogP contribution in [-0.4, -0.2) is 57.4 Å². The second-order valence-electron chi connectivity index (χ2n) is 8.92. The van der Waals surface area contributed by atoms with Crippen LogP contribution in [-0.2, 0) is 17.6 Å². The van der Waals surface area contributed by atoms with E-state index < -0.39 is 0 Å². The van der Waals surface area contributed by atoms with Gasteiger partial charge in [0.2, 0.25) is 5.91 Å². The van der Waals surface area contributed by atoms with E-state index in [4.69, 9.17) is 5.10 Å². The molecule has 6 heteroatoms. The van der Waals surface area contributed by atoms with Crippen LogP contribution < -0.4 is 0 Å². The van der Waals surface area contributed by atoms with Crippen molar-refractivity contribution in [1.82, 2.24) is 19.4 Å². The van der Waals surface area contributed by atoms with E-state index in [1.807, 2.05) is 16.7 Å². The third-order valence-corrected chi connectivity index (χ3v) is 6.96. The first kappa shape index (κ1) is 20.9. The molecule has 0 unspecified atom stereocenters. The summed E-state index contributed by atoms with van der Waals surface area (Å²) in [6, 6.07) is 4.29. The lowest BCUT2D eigenvalue weighted by atomic mass is 9.83. The molecule has 0 atom stereocenters. The molecule has 6 nitrogen and oxygen atoms in total. The van der Waals surface area contributed by atoms with Crippen LogP contribution in [0.4, 0.5) is 0 Å². The van der Waals surface area contributed by atoms with E-state index in [0.29, 0.717) is 32.1 Å². The van der Waals surface area contributed by atoms with Gasteiger partial charge in [-0.05, 0) is 43.4 Å². The molecule has 2 aliphatic rings. The minimum absolute atomic E-state index is 0.0794. The van der Waals surface area contributed by atoms with E-state index in [1.165, 1.54) is 43.4 Å². The predicted molar refractivity (Wildman–Crippen MR) is 118 cm³/mol. The van der Waals surface area contributed by atoms with Crippen LogP contribution in [0, 0.1) is 12.8 Å². The number of fused-ring (bicyclic) bond motifs is 1. The highest BCUT2D eigenvalue weighted by Crippen LogP contribution is 2.31. The molecule has 1 saturated heterocycles. The number of hydrogen-bond acceptors (Lipinski definition) is 3. The molecule has 1 aliphatic carbocycles. The zero-order valence-electron chi connectivity index (χ0n) is 18.6. The first-order chi connectivity index (χ1) is 14.5. The van der Waals surface area contributed by atoms with Crippen molar-refractivity contribution in [3.05, 3.63) is 34.6 Å². The summed E-state index contributed by atoms with van der Waals surface area (Å²) in [5.41, 5.74) is 5.07. The molecule has 0 aromatic carbocycles. The Hall–Kier alpha value is -2.37. The third-order valence-electron chi connectivity index (χ3n) is 6.96. The highest BCUT2D eigenvalue weighted by Gasteiger charge is 2.29. The molecule has 3 heterocycles. The van der Waals surface area contributed by atoms with Gasteiger partial charge in [-0.1, -0.05) is 39.0 Å². The Morgan fingerprint density at radius 2 is 1.70 bits per heavy atom.